The standard InChI is InChI=1S/C20H23N5O/c26-19(14-23-17-4-2-10-21-13-17)24-16-5-7-18(8-6-16)25-12-9-15-3-1-11-22-20(15)25/h1-4,9-13,16,18,23H,5-8,14H2,(H,24,26). The quantitative estimate of drug-likeness (QED) is 0.742. The van der Waals surface area contributed by atoms with Gasteiger partial charge in [-0.25, -0.2) is 4.98 Å². The number of nitrogens with one attached hydrogen (secondary N) is 2. The summed E-state index contributed by atoms with van der Waals surface area (Å²) < 4.78 is 2.29. The Kier molecular flexibility index (Phi) is 4.82. The molecule has 6 nitrogen and oxygen atoms in total. The molecule has 6 heteroatoms. The number of amides is 1. The zero-order valence-electron chi connectivity index (χ0n) is 14.6. The Bertz CT molecular complexity index is 868. The maximum absolute atomic E-state index is 12.2. The number of fused-ring (bicyclic) bond motifs is 1. The van der Waals surface area contributed by atoms with Crippen molar-refractivity contribution in [2.24, 2.45) is 0 Å². The molecular formula is C20H23N5O. The number of hydrogen-bond acceptors (Lipinski definition) is 4. The molecule has 1 amide bonds. The average Bonchev–Trinajstić information content (AvgIpc) is 3.12. The highest BCUT2D eigenvalue weighted by molar-refractivity contribution is 5.81. The molecule has 2 N–H and O–H groups in total. The van der Waals surface area contributed by atoms with Crippen molar-refractivity contribution in [1.82, 2.24) is 19.9 Å². The van der Waals surface area contributed by atoms with E-state index < -0.39 is 0 Å². The molecule has 0 aromatic carbocycles. The van der Waals surface area contributed by atoms with Crippen LogP contribution in [0.2, 0.25) is 0 Å². The molecule has 0 aliphatic heterocycles. The van der Waals surface area contributed by atoms with E-state index in [2.05, 4.69) is 43.5 Å². The molecule has 0 unspecified atom stereocenters. The summed E-state index contributed by atoms with van der Waals surface area (Å²) in [7, 11) is 0. The first kappa shape index (κ1) is 16.6. The number of anilines is 1. The highest BCUT2D eigenvalue weighted by atomic mass is 16.1. The molecule has 4 rings (SSSR count). The Balaban J connectivity index is 1.28. The number of nitrogens with zero attached hydrogens (tertiary/aromatic N) is 3. The van der Waals surface area contributed by atoms with Gasteiger partial charge in [0, 0.05) is 42.3 Å². The van der Waals surface area contributed by atoms with E-state index >= 15 is 0 Å². The summed E-state index contributed by atoms with van der Waals surface area (Å²) in [6.45, 7) is 0.276. The van der Waals surface area contributed by atoms with E-state index in [1.165, 1.54) is 5.39 Å². The van der Waals surface area contributed by atoms with Crippen molar-refractivity contribution in [1.29, 1.82) is 0 Å². The van der Waals surface area contributed by atoms with Gasteiger partial charge in [0.15, 0.2) is 0 Å². The second-order valence-corrected chi connectivity index (χ2v) is 6.81. The second kappa shape index (κ2) is 7.56. The summed E-state index contributed by atoms with van der Waals surface area (Å²) in [5.74, 6) is 0.0328. The first-order valence-electron chi connectivity index (χ1n) is 9.14. The van der Waals surface area contributed by atoms with Gasteiger partial charge in [0.1, 0.15) is 5.65 Å². The number of pyridine rings is 2. The molecule has 0 saturated heterocycles. The lowest BCUT2D eigenvalue weighted by atomic mass is 9.91. The number of rotatable bonds is 5. The summed E-state index contributed by atoms with van der Waals surface area (Å²) >= 11 is 0. The van der Waals surface area contributed by atoms with E-state index in [9.17, 15) is 4.79 Å². The van der Waals surface area contributed by atoms with Crippen molar-refractivity contribution >= 4 is 22.6 Å². The maximum atomic E-state index is 12.2. The van der Waals surface area contributed by atoms with Gasteiger partial charge in [-0.2, -0.15) is 0 Å². The van der Waals surface area contributed by atoms with Crippen molar-refractivity contribution in [3.63, 3.8) is 0 Å². The first-order chi connectivity index (χ1) is 12.8. The van der Waals surface area contributed by atoms with Crippen molar-refractivity contribution < 1.29 is 4.79 Å². The molecule has 26 heavy (non-hydrogen) atoms. The number of aromatic nitrogens is 3. The zero-order valence-corrected chi connectivity index (χ0v) is 14.6. The Hall–Kier alpha value is -2.89. The minimum absolute atomic E-state index is 0.0328. The summed E-state index contributed by atoms with van der Waals surface area (Å²) in [6, 6.07) is 10.7. The van der Waals surface area contributed by atoms with Crippen LogP contribution in [0.1, 0.15) is 31.7 Å². The van der Waals surface area contributed by atoms with Crippen LogP contribution in [-0.2, 0) is 4.79 Å². The van der Waals surface area contributed by atoms with Gasteiger partial charge in [-0.15, -0.1) is 0 Å². The summed E-state index contributed by atoms with van der Waals surface area (Å²) in [5, 5.41) is 7.43. The minimum atomic E-state index is 0.0328. The lowest BCUT2D eigenvalue weighted by molar-refractivity contribution is -0.120. The van der Waals surface area contributed by atoms with Gasteiger partial charge >= 0.3 is 0 Å². The fraction of sp³-hybridized carbons (Fsp3) is 0.350. The zero-order chi connectivity index (χ0) is 17.8. The van der Waals surface area contributed by atoms with Gasteiger partial charge in [0.25, 0.3) is 0 Å². The highest BCUT2D eigenvalue weighted by Gasteiger charge is 2.24. The van der Waals surface area contributed by atoms with Gasteiger partial charge in [-0.3, -0.25) is 9.78 Å². The Morgan fingerprint density at radius 1 is 1.12 bits per heavy atom. The molecule has 1 aliphatic carbocycles. The van der Waals surface area contributed by atoms with Crippen LogP contribution in [0.5, 0.6) is 0 Å². The van der Waals surface area contributed by atoms with E-state index in [1.807, 2.05) is 24.4 Å². The van der Waals surface area contributed by atoms with Crippen molar-refractivity contribution in [3.05, 3.63) is 55.1 Å². The van der Waals surface area contributed by atoms with Crippen LogP contribution in [-0.4, -0.2) is 33.0 Å². The Labute approximate surface area is 152 Å². The monoisotopic (exact) mass is 349 g/mol. The van der Waals surface area contributed by atoms with Crippen LogP contribution in [0.3, 0.4) is 0 Å². The third kappa shape index (κ3) is 3.69. The van der Waals surface area contributed by atoms with Gasteiger partial charge in [0.2, 0.25) is 5.91 Å². The molecule has 1 saturated carbocycles. The van der Waals surface area contributed by atoms with E-state index in [0.717, 1.165) is 37.0 Å². The molecular weight excluding hydrogens is 326 g/mol. The topological polar surface area (TPSA) is 71.8 Å². The predicted molar refractivity (Wildman–Crippen MR) is 102 cm³/mol. The van der Waals surface area contributed by atoms with Crippen LogP contribution in [0.4, 0.5) is 5.69 Å². The maximum Gasteiger partial charge on any atom is 0.239 e. The van der Waals surface area contributed by atoms with Crippen LogP contribution in [0.25, 0.3) is 11.0 Å². The van der Waals surface area contributed by atoms with Crippen molar-refractivity contribution in [3.8, 4) is 0 Å². The lowest BCUT2D eigenvalue weighted by Gasteiger charge is -2.30. The highest BCUT2D eigenvalue weighted by Crippen LogP contribution is 2.31. The summed E-state index contributed by atoms with van der Waals surface area (Å²) in [4.78, 5) is 20.7. The van der Waals surface area contributed by atoms with E-state index in [1.54, 1.807) is 12.4 Å². The smallest absolute Gasteiger partial charge is 0.239 e. The fourth-order valence-corrected chi connectivity index (χ4v) is 3.71. The fourth-order valence-electron chi connectivity index (χ4n) is 3.71. The van der Waals surface area contributed by atoms with E-state index in [-0.39, 0.29) is 18.5 Å². The SMILES string of the molecule is O=C(CNc1cccnc1)NC1CCC(n2ccc3cccnc32)CC1. The van der Waals surface area contributed by atoms with Gasteiger partial charge < -0.3 is 15.2 Å². The predicted octanol–water partition coefficient (Wildman–Crippen LogP) is 3.14. The number of carbonyl (C=O) groups is 1. The molecule has 3 heterocycles. The Morgan fingerprint density at radius 3 is 2.77 bits per heavy atom. The van der Waals surface area contributed by atoms with E-state index in [4.69, 9.17) is 0 Å². The molecule has 134 valence electrons. The minimum Gasteiger partial charge on any atom is -0.375 e. The number of carbonyl (C=O) groups excluding carboxylic acids is 1. The normalized spacial score (nSPS) is 20.0. The van der Waals surface area contributed by atoms with Gasteiger partial charge in [-0.05, 0) is 56.0 Å². The van der Waals surface area contributed by atoms with Gasteiger partial charge in [0.05, 0.1) is 12.2 Å². The van der Waals surface area contributed by atoms with Crippen molar-refractivity contribution in [2.45, 2.75) is 37.8 Å². The largest absolute Gasteiger partial charge is 0.375 e. The lowest BCUT2D eigenvalue weighted by Crippen LogP contribution is -2.40. The molecule has 3 aromatic rings. The summed E-state index contributed by atoms with van der Waals surface area (Å²) in [5.41, 5.74) is 1.92. The molecule has 1 aliphatic rings. The van der Waals surface area contributed by atoms with Crippen LogP contribution >= 0.6 is 0 Å². The molecule has 0 bridgehead atoms. The van der Waals surface area contributed by atoms with Crippen LogP contribution in [0.15, 0.2) is 55.1 Å². The molecule has 3 aromatic heterocycles. The third-order valence-corrected chi connectivity index (χ3v) is 5.05. The second-order valence-electron chi connectivity index (χ2n) is 6.81. The molecule has 1 fully saturated rings. The summed E-state index contributed by atoms with van der Waals surface area (Å²) in [6.07, 6.45) is 11.5. The number of hydrogen-bond donors (Lipinski definition) is 2. The molecule has 0 atom stereocenters. The van der Waals surface area contributed by atoms with Crippen LogP contribution in [0, 0.1) is 0 Å². The van der Waals surface area contributed by atoms with Crippen molar-refractivity contribution in [2.75, 3.05) is 11.9 Å². The molecule has 0 spiro atoms. The van der Waals surface area contributed by atoms with Gasteiger partial charge in [-0.1, -0.05) is 0 Å². The Morgan fingerprint density at radius 2 is 1.96 bits per heavy atom. The third-order valence-electron chi connectivity index (χ3n) is 5.05. The van der Waals surface area contributed by atoms with E-state index in [0.29, 0.717) is 6.04 Å². The first-order valence-corrected chi connectivity index (χ1v) is 9.14. The molecule has 0 radical (unpaired) electrons. The van der Waals surface area contributed by atoms with Crippen LogP contribution < -0.4 is 10.6 Å². The average molecular weight is 349 g/mol.